The van der Waals surface area contributed by atoms with Gasteiger partial charge >= 0.3 is 0 Å². The molecular weight excluding hydrogens is 158 g/mol. The van der Waals surface area contributed by atoms with Gasteiger partial charge in [-0.2, -0.15) is 0 Å². The molecule has 11 heavy (non-hydrogen) atoms. The summed E-state index contributed by atoms with van der Waals surface area (Å²) in [5.74, 6) is 0.397. The second-order valence-electron chi connectivity index (χ2n) is 3.26. The van der Waals surface area contributed by atoms with Crippen molar-refractivity contribution in [3.63, 3.8) is 0 Å². The van der Waals surface area contributed by atoms with Crippen molar-refractivity contribution in [2.45, 2.75) is 38.1 Å². The van der Waals surface area contributed by atoms with Crippen molar-refractivity contribution in [3.05, 3.63) is 0 Å². The fourth-order valence-corrected chi connectivity index (χ4v) is 1.91. The van der Waals surface area contributed by atoms with Gasteiger partial charge in [-0.15, -0.1) is 12.6 Å². The van der Waals surface area contributed by atoms with Crippen LogP contribution >= 0.6 is 12.6 Å². The van der Waals surface area contributed by atoms with Crippen LogP contribution in [0.2, 0.25) is 0 Å². The molecule has 3 heteroatoms. The molecule has 0 aromatic carbocycles. The molecule has 64 valence electrons. The van der Waals surface area contributed by atoms with E-state index in [1.165, 1.54) is 19.3 Å². The number of thiol groups is 1. The highest BCUT2D eigenvalue weighted by molar-refractivity contribution is 7.96. The van der Waals surface area contributed by atoms with Gasteiger partial charge in [0.25, 0.3) is 0 Å². The van der Waals surface area contributed by atoms with Crippen LogP contribution in [0.1, 0.15) is 32.1 Å². The Bertz CT molecular complexity index is 143. The highest BCUT2D eigenvalue weighted by atomic mass is 32.1. The first-order valence-corrected chi connectivity index (χ1v) is 4.65. The van der Waals surface area contributed by atoms with Gasteiger partial charge in [0.15, 0.2) is 0 Å². The number of hydrogen-bond acceptors (Lipinski definition) is 2. The topological polar surface area (TPSA) is 43.1 Å². The second kappa shape index (κ2) is 4.12. The summed E-state index contributed by atoms with van der Waals surface area (Å²) in [6.45, 7) is 0. The Morgan fingerprint density at radius 2 is 1.91 bits per heavy atom. The van der Waals surface area contributed by atoms with E-state index in [2.05, 4.69) is 12.6 Å². The standard InChI is InChI=1S/C8H15NOS/c9-7(8(10)11)6-4-2-1-3-5-6/h6-7H,1-5,9H2,(H,10,11). The molecule has 1 saturated carbocycles. The van der Waals surface area contributed by atoms with Gasteiger partial charge < -0.3 is 5.73 Å². The third kappa shape index (κ3) is 2.49. The minimum absolute atomic E-state index is 0.156. The van der Waals surface area contributed by atoms with Crippen LogP contribution in [-0.2, 0) is 4.79 Å². The molecule has 2 N–H and O–H groups in total. The lowest BCUT2D eigenvalue weighted by Crippen LogP contribution is -2.36. The van der Waals surface area contributed by atoms with Crippen LogP contribution in [-0.4, -0.2) is 11.2 Å². The second-order valence-corrected chi connectivity index (χ2v) is 3.70. The zero-order valence-electron chi connectivity index (χ0n) is 6.62. The molecule has 1 rings (SSSR count). The Hall–Kier alpha value is -0.0200. The van der Waals surface area contributed by atoms with Crippen molar-refractivity contribution in [1.82, 2.24) is 0 Å². The van der Waals surface area contributed by atoms with Crippen LogP contribution in [0, 0.1) is 5.92 Å². The van der Waals surface area contributed by atoms with Gasteiger partial charge in [-0.05, 0) is 18.8 Å². The molecule has 0 spiro atoms. The molecule has 1 fully saturated rings. The maximum Gasteiger partial charge on any atom is 0.202 e. The van der Waals surface area contributed by atoms with Crippen molar-refractivity contribution >= 4 is 17.7 Å². The summed E-state index contributed by atoms with van der Waals surface area (Å²) in [5, 5.41) is -0.156. The predicted molar refractivity (Wildman–Crippen MR) is 48.5 cm³/mol. The first kappa shape index (κ1) is 9.07. The average Bonchev–Trinajstić information content (AvgIpc) is 2.05. The van der Waals surface area contributed by atoms with Gasteiger partial charge in [-0.3, -0.25) is 4.79 Å². The van der Waals surface area contributed by atoms with E-state index in [4.69, 9.17) is 5.73 Å². The molecule has 1 aliphatic carbocycles. The summed E-state index contributed by atoms with van der Waals surface area (Å²) >= 11 is 3.74. The molecule has 2 nitrogen and oxygen atoms in total. The summed E-state index contributed by atoms with van der Waals surface area (Å²) in [7, 11) is 0. The fourth-order valence-electron chi connectivity index (χ4n) is 1.69. The van der Waals surface area contributed by atoms with Crippen molar-refractivity contribution in [1.29, 1.82) is 0 Å². The smallest absolute Gasteiger partial charge is 0.202 e. The van der Waals surface area contributed by atoms with Crippen molar-refractivity contribution in [3.8, 4) is 0 Å². The fraction of sp³-hybridized carbons (Fsp3) is 0.875. The first-order valence-electron chi connectivity index (χ1n) is 4.20. The van der Waals surface area contributed by atoms with Gasteiger partial charge in [-0.1, -0.05) is 19.3 Å². The molecule has 1 unspecified atom stereocenters. The van der Waals surface area contributed by atoms with E-state index in [0.29, 0.717) is 5.92 Å². The quantitative estimate of drug-likeness (QED) is 0.619. The molecule has 0 bridgehead atoms. The maximum atomic E-state index is 10.8. The molecular formula is C8H15NOS. The van der Waals surface area contributed by atoms with E-state index in [9.17, 15) is 4.79 Å². The first-order chi connectivity index (χ1) is 5.22. The van der Waals surface area contributed by atoms with Crippen LogP contribution in [0.15, 0.2) is 0 Å². The lowest BCUT2D eigenvalue weighted by molar-refractivity contribution is -0.113. The van der Waals surface area contributed by atoms with Gasteiger partial charge in [0, 0.05) is 0 Å². The van der Waals surface area contributed by atoms with Gasteiger partial charge in [-0.25, -0.2) is 0 Å². The van der Waals surface area contributed by atoms with Crippen LogP contribution in [0.5, 0.6) is 0 Å². The molecule has 0 aliphatic heterocycles. The predicted octanol–water partition coefficient (Wildman–Crippen LogP) is 1.35. The van der Waals surface area contributed by atoms with Crippen LogP contribution in [0.4, 0.5) is 0 Å². The number of rotatable bonds is 2. The zero-order chi connectivity index (χ0) is 8.27. The number of nitrogens with two attached hydrogens (primary N) is 1. The van der Waals surface area contributed by atoms with Gasteiger partial charge in [0.1, 0.15) is 0 Å². The normalized spacial score (nSPS) is 23.1. The Morgan fingerprint density at radius 1 is 1.36 bits per heavy atom. The minimum atomic E-state index is -0.321. The molecule has 0 heterocycles. The van der Waals surface area contributed by atoms with E-state index in [0.717, 1.165) is 12.8 Å². The van der Waals surface area contributed by atoms with E-state index < -0.39 is 0 Å². The number of carbonyl (C=O) groups is 1. The van der Waals surface area contributed by atoms with Crippen molar-refractivity contribution < 1.29 is 4.79 Å². The summed E-state index contributed by atoms with van der Waals surface area (Å²) in [6.07, 6.45) is 5.95. The van der Waals surface area contributed by atoms with Gasteiger partial charge in [0.05, 0.1) is 6.04 Å². The molecule has 0 aromatic rings. The Balaban J connectivity index is 2.38. The van der Waals surface area contributed by atoms with E-state index in [1.807, 2.05) is 0 Å². The summed E-state index contributed by atoms with van der Waals surface area (Å²) in [5.41, 5.74) is 5.67. The summed E-state index contributed by atoms with van der Waals surface area (Å²) in [4.78, 5) is 10.8. The number of carbonyl (C=O) groups excluding carboxylic acids is 1. The van der Waals surface area contributed by atoms with Crippen LogP contribution < -0.4 is 5.73 Å². The van der Waals surface area contributed by atoms with E-state index >= 15 is 0 Å². The molecule has 0 radical (unpaired) electrons. The maximum absolute atomic E-state index is 10.8. The minimum Gasteiger partial charge on any atom is -0.321 e. The third-order valence-corrected chi connectivity index (χ3v) is 2.74. The highest BCUT2D eigenvalue weighted by Gasteiger charge is 2.23. The number of hydrogen-bond donors (Lipinski definition) is 2. The Morgan fingerprint density at radius 3 is 2.36 bits per heavy atom. The summed E-state index contributed by atoms with van der Waals surface area (Å²) in [6, 6.07) is -0.321. The average molecular weight is 173 g/mol. The Kier molecular flexibility index (Phi) is 3.40. The molecule has 0 saturated heterocycles. The Labute approximate surface area is 72.9 Å². The lowest BCUT2D eigenvalue weighted by Gasteiger charge is -2.24. The third-order valence-electron chi connectivity index (χ3n) is 2.44. The van der Waals surface area contributed by atoms with Crippen molar-refractivity contribution in [2.24, 2.45) is 11.7 Å². The lowest BCUT2D eigenvalue weighted by atomic mass is 9.85. The summed E-state index contributed by atoms with van der Waals surface area (Å²) < 4.78 is 0. The van der Waals surface area contributed by atoms with Gasteiger partial charge in [0.2, 0.25) is 5.12 Å². The molecule has 0 aromatic heterocycles. The van der Waals surface area contributed by atoms with E-state index in [1.54, 1.807) is 0 Å². The largest absolute Gasteiger partial charge is 0.321 e. The molecule has 0 amide bonds. The highest BCUT2D eigenvalue weighted by Crippen LogP contribution is 2.26. The van der Waals surface area contributed by atoms with Crippen molar-refractivity contribution in [2.75, 3.05) is 0 Å². The van der Waals surface area contributed by atoms with Crippen LogP contribution in [0.25, 0.3) is 0 Å². The molecule has 1 aliphatic rings. The monoisotopic (exact) mass is 173 g/mol. The van der Waals surface area contributed by atoms with E-state index in [-0.39, 0.29) is 11.2 Å². The molecule has 1 atom stereocenters. The van der Waals surface area contributed by atoms with Crippen LogP contribution in [0.3, 0.4) is 0 Å². The SMILES string of the molecule is NC(C(=O)S)C1CCCCC1. The zero-order valence-corrected chi connectivity index (χ0v) is 7.52.